The van der Waals surface area contributed by atoms with E-state index in [1.807, 2.05) is 4.90 Å². The first-order valence-electron chi connectivity index (χ1n) is 19.3. The maximum Gasteiger partial charge on any atom is 0.254 e. The lowest BCUT2D eigenvalue weighted by Crippen LogP contribution is -2.37. The van der Waals surface area contributed by atoms with E-state index in [0.29, 0.717) is 60.4 Å². The number of ether oxygens (including phenoxy) is 1. The zero-order valence-corrected chi connectivity index (χ0v) is 35.1. The predicted octanol–water partition coefficient (Wildman–Crippen LogP) is 3.54. The molecule has 63 heavy (non-hydrogen) atoms. The summed E-state index contributed by atoms with van der Waals surface area (Å²) in [6, 6.07) is 17.6. The normalized spacial score (nSPS) is 13.0. The van der Waals surface area contributed by atoms with Gasteiger partial charge >= 0.3 is 0 Å². The Kier molecular flexibility index (Phi) is 12.2. The number of pyridine rings is 2. The number of imidazole rings is 1. The molecule has 0 atom stereocenters. The predicted molar refractivity (Wildman–Crippen MR) is 227 cm³/mol. The van der Waals surface area contributed by atoms with Gasteiger partial charge in [0.15, 0.2) is 10.7 Å². The van der Waals surface area contributed by atoms with Crippen LogP contribution in [0.2, 0.25) is 0 Å². The fraction of sp³-hybridized carbons (Fsp3) is 0.167. The average molecular weight is 887 g/mol. The van der Waals surface area contributed by atoms with Gasteiger partial charge in [0, 0.05) is 74.9 Å². The van der Waals surface area contributed by atoms with Crippen LogP contribution in [0.1, 0.15) is 37.5 Å². The van der Waals surface area contributed by atoms with Crippen LogP contribution in [0.3, 0.4) is 0 Å². The third kappa shape index (κ3) is 9.54. The van der Waals surface area contributed by atoms with Gasteiger partial charge in [0.25, 0.3) is 11.8 Å². The maximum atomic E-state index is 13.4. The summed E-state index contributed by atoms with van der Waals surface area (Å²) in [5.74, 6) is 0.377. The number of hydrogen-bond acceptors (Lipinski definition) is 15. The van der Waals surface area contributed by atoms with Gasteiger partial charge in [-0.15, -0.1) is 0 Å². The second kappa shape index (κ2) is 18.2. The van der Waals surface area contributed by atoms with Crippen LogP contribution in [0.5, 0.6) is 0 Å². The van der Waals surface area contributed by atoms with Crippen molar-refractivity contribution >= 4 is 54.1 Å². The summed E-state index contributed by atoms with van der Waals surface area (Å²) in [7, 11) is -7.52. The summed E-state index contributed by atoms with van der Waals surface area (Å²) < 4.78 is 59.1. The third-order valence-electron chi connectivity index (χ3n) is 9.79. The molecule has 1 saturated heterocycles. The molecular formula is C42H38N12O7S2. The second-order valence-electron chi connectivity index (χ2n) is 14.1. The summed E-state index contributed by atoms with van der Waals surface area (Å²) in [5.41, 5.74) is 3.46. The number of rotatable bonds is 11. The molecule has 0 bridgehead atoms. The Bertz CT molecular complexity index is 3150. The molecule has 0 aliphatic carbocycles. The van der Waals surface area contributed by atoms with Gasteiger partial charge in [0.1, 0.15) is 10.7 Å². The van der Waals surface area contributed by atoms with E-state index in [4.69, 9.17) is 4.74 Å². The topological polar surface area (TPSA) is 249 Å². The minimum Gasteiger partial charge on any atom is -0.378 e. The van der Waals surface area contributed by atoms with Crippen molar-refractivity contribution in [2.24, 2.45) is 0 Å². The number of nitrogens with zero attached hydrogens (tertiary/aromatic N) is 9. The van der Waals surface area contributed by atoms with Crippen LogP contribution in [0, 0.1) is 6.92 Å². The number of morpholine rings is 1. The molecule has 3 N–H and O–H groups in total. The van der Waals surface area contributed by atoms with E-state index in [0.717, 1.165) is 16.5 Å². The van der Waals surface area contributed by atoms with E-state index in [-0.39, 0.29) is 44.6 Å². The Morgan fingerprint density at radius 1 is 0.746 bits per heavy atom. The zero-order chi connectivity index (χ0) is 44.0. The van der Waals surface area contributed by atoms with Gasteiger partial charge in [-0.25, -0.2) is 41.8 Å². The number of benzene rings is 2. The van der Waals surface area contributed by atoms with E-state index >= 15 is 0 Å². The molecule has 6 aromatic heterocycles. The Balaban J connectivity index is 0.000000175. The van der Waals surface area contributed by atoms with Crippen molar-refractivity contribution in [1.82, 2.24) is 55.1 Å². The second-order valence-corrected chi connectivity index (χ2v) is 17.9. The molecule has 2 aromatic carbocycles. The number of fused-ring (bicyclic) bond motifs is 2. The van der Waals surface area contributed by atoms with Crippen LogP contribution in [0.4, 0.5) is 5.82 Å². The van der Waals surface area contributed by atoms with Crippen molar-refractivity contribution in [3.8, 4) is 0 Å². The minimum absolute atomic E-state index is 0.0966. The van der Waals surface area contributed by atoms with E-state index in [1.165, 1.54) is 36.9 Å². The summed E-state index contributed by atoms with van der Waals surface area (Å²) in [6.45, 7) is 4.39. The highest BCUT2D eigenvalue weighted by molar-refractivity contribution is 7.91. The van der Waals surface area contributed by atoms with Crippen LogP contribution in [-0.2, 0) is 37.5 Å². The monoisotopic (exact) mass is 886 g/mol. The Morgan fingerprint density at radius 2 is 1.41 bits per heavy atom. The lowest BCUT2D eigenvalue weighted by Gasteiger charge is -2.29. The highest BCUT2D eigenvalue weighted by atomic mass is 32.2. The van der Waals surface area contributed by atoms with E-state index in [2.05, 4.69) is 50.7 Å². The lowest BCUT2D eigenvalue weighted by atomic mass is 10.2. The average Bonchev–Trinajstić information content (AvgIpc) is 4.00. The van der Waals surface area contributed by atoms with Crippen molar-refractivity contribution in [1.29, 1.82) is 0 Å². The molecule has 21 heteroatoms. The van der Waals surface area contributed by atoms with Gasteiger partial charge in [-0.3, -0.25) is 24.1 Å². The number of hydrogen-bond donors (Lipinski definition) is 3. The third-order valence-corrected chi connectivity index (χ3v) is 13.2. The molecule has 1 aliphatic heterocycles. The van der Waals surface area contributed by atoms with Gasteiger partial charge in [0.05, 0.1) is 52.2 Å². The van der Waals surface area contributed by atoms with Crippen LogP contribution in [0.25, 0.3) is 16.8 Å². The maximum absolute atomic E-state index is 13.4. The molecule has 1 fully saturated rings. The van der Waals surface area contributed by atoms with Crippen LogP contribution >= 0.6 is 0 Å². The summed E-state index contributed by atoms with van der Waals surface area (Å²) in [4.78, 5) is 51.8. The van der Waals surface area contributed by atoms with Gasteiger partial charge in [-0.2, -0.15) is 5.10 Å². The highest BCUT2D eigenvalue weighted by Crippen LogP contribution is 2.29. The van der Waals surface area contributed by atoms with Crippen molar-refractivity contribution < 1.29 is 31.2 Å². The Hall–Kier alpha value is -7.49. The number of aryl methyl sites for hydroxylation is 1. The molecule has 0 saturated carbocycles. The van der Waals surface area contributed by atoms with Crippen LogP contribution < -0.4 is 15.5 Å². The first kappa shape index (κ1) is 42.2. The SMILES string of the molecule is Cc1cncc(S(=O)(=O)c2ccc(CNC(=O)c3cnc4[nH]ncc4c3)cc2)n1.O=C(NCc1ccc(S(=O)(=O)c2cccnc2N2CCOCC2)cc1)c1cnc2nccn2c1. The number of sulfone groups is 2. The fourth-order valence-electron chi connectivity index (χ4n) is 6.46. The molecule has 0 unspecified atom stereocenters. The van der Waals surface area contributed by atoms with Crippen LogP contribution in [-0.4, -0.2) is 99.5 Å². The quantitative estimate of drug-likeness (QED) is 0.168. The number of anilines is 1. The highest BCUT2D eigenvalue weighted by Gasteiger charge is 2.26. The Labute approximate surface area is 360 Å². The Morgan fingerprint density at radius 3 is 2.11 bits per heavy atom. The van der Waals surface area contributed by atoms with Crippen molar-refractivity contribution in [2.45, 2.75) is 39.7 Å². The van der Waals surface area contributed by atoms with Gasteiger partial charge < -0.3 is 20.3 Å². The van der Waals surface area contributed by atoms with Crippen molar-refractivity contribution in [2.75, 3.05) is 31.2 Å². The van der Waals surface area contributed by atoms with Gasteiger partial charge in [0.2, 0.25) is 25.5 Å². The van der Waals surface area contributed by atoms with Gasteiger partial charge in [-0.1, -0.05) is 24.3 Å². The van der Waals surface area contributed by atoms with Gasteiger partial charge in [-0.05, 0) is 60.5 Å². The van der Waals surface area contributed by atoms with E-state index in [1.54, 1.807) is 96.9 Å². The fourth-order valence-corrected chi connectivity index (χ4v) is 9.09. The summed E-state index contributed by atoms with van der Waals surface area (Å²) in [6.07, 6.45) is 13.8. The number of carbonyl (C=O) groups excluding carboxylic acids is 2. The largest absolute Gasteiger partial charge is 0.378 e. The number of carbonyl (C=O) groups is 2. The molecule has 19 nitrogen and oxygen atoms in total. The number of H-pyrrole nitrogens is 1. The van der Waals surface area contributed by atoms with Crippen molar-refractivity contribution in [3.63, 3.8) is 0 Å². The molecule has 2 amide bonds. The molecule has 0 spiro atoms. The molecule has 320 valence electrons. The number of amides is 2. The molecular weight excluding hydrogens is 849 g/mol. The molecule has 8 aromatic rings. The van der Waals surface area contributed by atoms with E-state index < -0.39 is 19.7 Å². The summed E-state index contributed by atoms with van der Waals surface area (Å²) in [5, 5.41) is 12.9. The van der Waals surface area contributed by atoms with E-state index in [9.17, 15) is 26.4 Å². The van der Waals surface area contributed by atoms with Crippen molar-refractivity contribution in [3.05, 3.63) is 150 Å². The smallest absolute Gasteiger partial charge is 0.254 e. The standard InChI is InChI=1S/C23H22N6O4S.C19H16N6O3S/c30-22(18-15-27-23-25-8-9-29(23)16-18)26-14-17-3-5-19(6-4-17)34(31,32)20-2-1-7-24-21(20)28-10-12-33-13-11-28;1-12-7-20-11-17(24-12)29(27,28)16-4-2-13(3-5-16)8-22-19(26)15-6-14-10-23-25-18(14)21-9-15/h1-9,15-16H,10-14H2,(H,26,30);2-7,9-11H,8H2,1H3,(H,22,26)(H,21,23,25). The number of aromatic amines is 1. The number of nitrogens with one attached hydrogen (secondary N) is 3. The first-order chi connectivity index (χ1) is 30.5. The molecule has 7 heterocycles. The molecule has 0 radical (unpaired) electrons. The molecule has 1 aliphatic rings. The minimum atomic E-state index is -3.77. The number of aromatic nitrogens is 9. The lowest BCUT2D eigenvalue weighted by molar-refractivity contribution is 0.0942. The summed E-state index contributed by atoms with van der Waals surface area (Å²) >= 11 is 0. The first-order valence-corrected chi connectivity index (χ1v) is 22.3. The molecule has 9 rings (SSSR count). The van der Waals surface area contributed by atoms with Crippen LogP contribution in [0.15, 0.2) is 142 Å². The zero-order valence-electron chi connectivity index (χ0n) is 33.5.